The van der Waals surface area contributed by atoms with Crippen LogP contribution in [0.15, 0.2) is 188 Å². The number of aromatic hydroxyl groups is 2. The quantitative estimate of drug-likeness (QED) is 0.00756. The summed E-state index contributed by atoms with van der Waals surface area (Å²) in [6.45, 7) is 24.1. The number of rotatable bonds is 23. The van der Waals surface area contributed by atoms with E-state index in [1.807, 2.05) is 97.1 Å². The molecule has 0 bridgehead atoms. The number of methoxy groups -OCH3 is 1. The molecule has 0 radical (unpaired) electrons. The fourth-order valence-electron chi connectivity index (χ4n) is 11.5. The fraction of sp³-hybridized carbons (Fsp3) is 0.313. The lowest BCUT2D eigenvalue weighted by atomic mass is 10.00. The summed E-state index contributed by atoms with van der Waals surface area (Å²) in [5.74, 6) is 9.90. The van der Waals surface area contributed by atoms with Crippen molar-refractivity contribution in [3.63, 3.8) is 0 Å². The monoisotopic (exact) mass is 1430 g/mol. The van der Waals surface area contributed by atoms with E-state index in [0.717, 1.165) is 28.0 Å². The van der Waals surface area contributed by atoms with Crippen molar-refractivity contribution in [1.82, 2.24) is 10.6 Å². The molecule has 0 unspecified atom stereocenters. The highest BCUT2D eigenvalue weighted by atomic mass is 28.4. The molecule has 6 N–H and O–H groups in total. The summed E-state index contributed by atoms with van der Waals surface area (Å²) in [6, 6.07) is 51.3. The molecule has 8 aromatic rings. The van der Waals surface area contributed by atoms with Crippen molar-refractivity contribution in [2.75, 3.05) is 12.8 Å². The minimum atomic E-state index is -2.05. The SMILES string of the molecule is CC(C)(C)OC(=O)[C@H](CCc1ccccc1)NC(=O)c1ccc(N)c(CCc2ccc(O)cc2)c1.CC(C)(C)OC(=O)[C@H](CCc1ccccc1)NC(=O)c1ccc([N+](=O)[O-])c(C#Cc2ccc(O)cc2)c1.COC(=O)c1ccc([N+](=O)[O-])c(C#Cc2ccc(O[Si](C(C)C)(C(C)C)C(C)C)cc2)c1. The molecule has 0 saturated heterocycles. The van der Waals surface area contributed by atoms with Gasteiger partial charge in [-0.25, -0.2) is 14.4 Å². The summed E-state index contributed by atoms with van der Waals surface area (Å²) in [6.07, 6.45) is 3.26. The average Bonchev–Trinajstić information content (AvgIpc) is 0.788. The van der Waals surface area contributed by atoms with Gasteiger partial charge in [-0.1, -0.05) is 138 Å². The van der Waals surface area contributed by atoms with Crippen LogP contribution >= 0.6 is 0 Å². The number of amides is 2. The van der Waals surface area contributed by atoms with Crippen LogP contribution in [0.5, 0.6) is 17.2 Å². The van der Waals surface area contributed by atoms with Gasteiger partial charge < -0.3 is 45.2 Å². The number of nitro groups is 2. The number of phenolic OH excluding ortho intramolecular Hbond substituents is 2. The number of esters is 3. The largest absolute Gasteiger partial charge is 0.543 e. The third-order valence-corrected chi connectivity index (χ3v) is 22.6. The molecule has 0 aliphatic heterocycles. The number of hydrogen-bond donors (Lipinski definition) is 5. The van der Waals surface area contributed by atoms with Gasteiger partial charge in [-0.15, -0.1) is 0 Å². The molecule has 0 heterocycles. The smallest absolute Gasteiger partial charge is 0.337 e. The highest BCUT2D eigenvalue weighted by Gasteiger charge is 2.47. The highest BCUT2D eigenvalue weighted by Crippen LogP contribution is 2.43. The molecule has 0 saturated carbocycles. The van der Waals surface area contributed by atoms with E-state index in [9.17, 15) is 54.4 Å². The number of aryl methyl sites for hydroxylation is 4. The molecular weight excluding hydrogens is 1340 g/mol. The summed E-state index contributed by atoms with van der Waals surface area (Å²) in [5.41, 5.74) is 12.5. The zero-order chi connectivity index (χ0) is 76.5. The number of anilines is 1. The van der Waals surface area contributed by atoms with Gasteiger partial charge in [0, 0.05) is 40.1 Å². The van der Waals surface area contributed by atoms with Crippen LogP contribution in [-0.4, -0.2) is 88.5 Å². The van der Waals surface area contributed by atoms with Crippen LogP contribution in [0.25, 0.3) is 0 Å². The third kappa shape index (κ3) is 25.2. The molecule has 104 heavy (non-hydrogen) atoms. The topological polar surface area (TPSA) is 299 Å². The van der Waals surface area contributed by atoms with Gasteiger partial charge in [0.1, 0.15) is 51.7 Å². The summed E-state index contributed by atoms with van der Waals surface area (Å²) in [7, 11) is -0.795. The molecule has 8 rings (SSSR count). The summed E-state index contributed by atoms with van der Waals surface area (Å²) in [5, 5.41) is 47.3. The fourth-order valence-corrected chi connectivity index (χ4v) is 16.8. The van der Waals surface area contributed by atoms with E-state index >= 15 is 0 Å². The van der Waals surface area contributed by atoms with Crippen LogP contribution in [0.4, 0.5) is 17.1 Å². The van der Waals surface area contributed by atoms with Gasteiger partial charge in [-0.05, 0) is 222 Å². The first-order chi connectivity index (χ1) is 49.1. The van der Waals surface area contributed by atoms with Crippen LogP contribution in [0.1, 0.15) is 172 Å². The summed E-state index contributed by atoms with van der Waals surface area (Å²) in [4.78, 5) is 85.5. The second kappa shape index (κ2) is 37.9. The summed E-state index contributed by atoms with van der Waals surface area (Å²) >= 11 is 0. The van der Waals surface area contributed by atoms with Gasteiger partial charge >= 0.3 is 17.9 Å². The number of nitrogens with zero attached hydrogens (tertiary/aromatic N) is 2. The Morgan fingerprint density at radius 1 is 0.490 bits per heavy atom. The number of nitrogens with one attached hydrogen (secondary N) is 2. The van der Waals surface area contributed by atoms with E-state index in [4.69, 9.17) is 19.6 Å². The molecule has 544 valence electrons. The molecule has 8 aromatic carbocycles. The van der Waals surface area contributed by atoms with Crippen molar-refractivity contribution in [2.24, 2.45) is 0 Å². The van der Waals surface area contributed by atoms with Crippen LogP contribution in [0.2, 0.25) is 16.6 Å². The van der Waals surface area contributed by atoms with Crippen molar-refractivity contribution < 1.29 is 62.7 Å². The molecule has 0 aliphatic carbocycles. The summed E-state index contributed by atoms with van der Waals surface area (Å²) < 4.78 is 22.4. The molecule has 0 aromatic heterocycles. The van der Waals surface area contributed by atoms with Gasteiger partial charge in [0.2, 0.25) is 0 Å². The van der Waals surface area contributed by atoms with Crippen LogP contribution < -0.4 is 20.8 Å². The number of carbonyl (C=O) groups is 5. The van der Waals surface area contributed by atoms with E-state index in [0.29, 0.717) is 77.5 Å². The number of hydrogen-bond acceptors (Lipinski definition) is 16. The lowest BCUT2D eigenvalue weighted by molar-refractivity contribution is -0.385. The number of phenols is 2. The maximum absolute atomic E-state index is 13.1. The Balaban J connectivity index is 0.000000246. The second-order valence-electron chi connectivity index (χ2n) is 27.7. The Morgan fingerprint density at radius 2 is 0.875 bits per heavy atom. The lowest BCUT2D eigenvalue weighted by Crippen LogP contribution is -2.50. The van der Waals surface area contributed by atoms with Crippen molar-refractivity contribution in [2.45, 2.75) is 162 Å². The van der Waals surface area contributed by atoms with E-state index in [1.165, 1.54) is 55.6 Å². The number of nitro benzene ring substituents is 2. The Bertz CT molecular complexity index is 4370. The Hall–Kier alpha value is -11.6. The predicted octanol–water partition coefficient (Wildman–Crippen LogP) is 15.9. The molecule has 21 heteroatoms. The van der Waals surface area contributed by atoms with Gasteiger partial charge in [0.15, 0.2) is 0 Å². The van der Waals surface area contributed by atoms with Gasteiger partial charge in [-0.3, -0.25) is 29.8 Å². The Morgan fingerprint density at radius 3 is 1.29 bits per heavy atom. The highest BCUT2D eigenvalue weighted by molar-refractivity contribution is 6.78. The van der Waals surface area contributed by atoms with E-state index in [2.05, 4.69) is 80.6 Å². The number of nitrogen functional groups attached to an aromatic ring is 1. The molecule has 0 fully saturated rings. The Labute approximate surface area is 610 Å². The molecule has 2 atom stereocenters. The van der Waals surface area contributed by atoms with Gasteiger partial charge in [0.25, 0.3) is 31.5 Å². The van der Waals surface area contributed by atoms with E-state index in [1.54, 1.807) is 84.0 Å². The molecule has 0 spiro atoms. The van der Waals surface area contributed by atoms with Crippen molar-refractivity contribution >= 4 is 55.1 Å². The molecule has 0 aliphatic rings. The van der Waals surface area contributed by atoms with Crippen LogP contribution in [0, 0.1) is 43.9 Å². The van der Waals surface area contributed by atoms with Crippen molar-refractivity contribution in [3.8, 4) is 40.9 Å². The van der Waals surface area contributed by atoms with Gasteiger partial charge in [-0.2, -0.15) is 0 Å². The molecule has 20 nitrogen and oxygen atoms in total. The zero-order valence-corrected chi connectivity index (χ0v) is 62.2. The van der Waals surface area contributed by atoms with Crippen molar-refractivity contribution in [1.29, 1.82) is 0 Å². The number of carbonyl (C=O) groups excluding carboxylic acids is 5. The lowest BCUT2D eigenvalue weighted by Gasteiger charge is -2.42. The Kier molecular flexibility index (Phi) is 29.7. The standard InChI is InChI=1S/C29H28N2O6.C29H34N2O4.C25H31NO5Si/c1-29(2,3)37-28(34)25(17-12-20-7-5-4-6-8-20)30-27(33)23-14-18-26(31(35)36)22(19-23)13-9-21-10-15-24(32)16-11-21;1-29(2,3)35-28(34)26(18-12-20-7-5-4-6-8-20)31-27(33)23-14-17-25(30)22(19-23)13-9-21-10-15-24(32)16-11-21;1-17(2)32(18(3)4,19(5)6)31-23-13-9-20(10-14-23)8-11-21-16-22(25(27)30-7)12-15-24(21)26(28)29/h4-8,10-11,14-16,18-19,25,32H,12,17H2,1-3H3,(H,30,33);4-8,10-11,14-17,19,26,32H,9,12-13,18,30H2,1-3H3,(H,31,33);9-10,12-19H,1-7H3/t25-;26-;/m00./s1. The third-order valence-electron chi connectivity index (χ3n) is 16.6. The maximum atomic E-state index is 13.1. The minimum Gasteiger partial charge on any atom is -0.543 e. The van der Waals surface area contributed by atoms with E-state index < -0.39 is 65.3 Å². The van der Waals surface area contributed by atoms with E-state index in [-0.39, 0.29) is 51.0 Å². The average molecular weight is 1430 g/mol. The molecular formula is C83H93N5O15Si. The van der Waals surface area contributed by atoms with Gasteiger partial charge in [0.05, 0.1) is 22.5 Å². The first-order valence-electron chi connectivity index (χ1n) is 34.2. The first kappa shape index (κ1) is 81.4. The predicted molar refractivity (Wildman–Crippen MR) is 406 cm³/mol. The number of nitrogens with two attached hydrogens (primary N) is 1. The maximum Gasteiger partial charge on any atom is 0.337 e. The molecule has 2 amide bonds. The first-order valence-corrected chi connectivity index (χ1v) is 36.4. The van der Waals surface area contributed by atoms with Crippen LogP contribution in [0.3, 0.4) is 0 Å². The minimum absolute atomic E-state index is 0.0452. The zero-order valence-electron chi connectivity index (χ0n) is 61.2. The van der Waals surface area contributed by atoms with Crippen LogP contribution in [-0.2, 0) is 49.5 Å². The number of benzene rings is 8. The second-order valence-corrected chi connectivity index (χ2v) is 33.1. The normalized spacial score (nSPS) is 11.7. The number of ether oxygens (including phenoxy) is 3. The van der Waals surface area contributed by atoms with Crippen molar-refractivity contribution in [3.05, 3.63) is 269 Å².